The number of aryl methyl sites for hydroxylation is 1. The highest BCUT2D eigenvalue weighted by atomic mass is 16.4. The Labute approximate surface area is 96.6 Å². The second-order valence-corrected chi connectivity index (χ2v) is 4.09. The van der Waals surface area contributed by atoms with E-state index in [1.165, 1.54) is 11.1 Å². The summed E-state index contributed by atoms with van der Waals surface area (Å²) in [7, 11) is 0. The molecule has 0 fully saturated rings. The van der Waals surface area contributed by atoms with Crippen LogP contribution in [0.2, 0.25) is 0 Å². The molecule has 2 nitrogen and oxygen atoms in total. The Morgan fingerprint density at radius 1 is 1.31 bits per heavy atom. The molecule has 0 aliphatic carbocycles. The van der Waals surface area contributed by atoms with Crippen LogP contribution in [-0.2, 0) is 0 Å². The monoisotopic (exact) mass is 218 g/mol. The van der Waals surface area contributed by atoms with Crippen LogP contribution in [0.15, 0.2) is 23.8 Å². The molecule has 1 N–H and O–H groups in total. The molecule has 0 saturated heterocycles. The molecule has 0 radical (unpaired) electrons. The lowest BCUT2D eigenvalue weighted by atomic mass is 9.95. The minimum atomic E-state index is -0.872. The van der Waals surface area contributed by atoms with Crippen molar-refractivity contribution >= 4 is 11.5 Å². The Morgan fingerprint density at radius 2 is 1.94 bits per heavy atom. The lowest BCUT2D eigenvalue weighted by Crippen LogP contribution is -1.99. The summed E-state index contributed by atoms with van der Waals surface area (Å²) >= 11 is 0. The standard InChI is InChI=1S/C14H18O2/c1-5-9(2)11(4)13-8-12(14(15)16)7-6-10(13)3/h6-8H,5H2,1-4H3,(H,15,16)/b11-9-. The van der Waals surface area contributed by atoms with Crippen LogP contribution in [0.3, 0.4) is 0 Å². The third-order valence-corrected chi connectivity index (χ3v) is 3.06. The maximum absolute atomic E-state index is 10.9. The third-order valence-electron chi connectivity index (χ3n) is 3.06. The van der Waals surface area contributed by atoms with Gasteiger partial charge < -0.3 is 5.11 Å². The van der Waals surface area contributed by atoms with Gasteiger partial charge in [-0.2, -0.15) is 0 Å². The van der Waals surface area contributed by atoms with Gasteiger partial charge in [-0.3, -0.25) is 0 Å². The highest BCUT2D eigenvalue weighted by molar-refractivity contribution is 5.89. The molecule has 1 aromatic rings. The van der Waals surface area contributed by atoms with E-state index in [9.17, 15) is 4.79 Å². The van der Waals surface area contributed by atoms with Crippen LogP contribution in [-0.4, -0.2) is 11.1 Å². The Morgan fingerprint density at radius 3 is 2.44 bits per heavy atom. The smallest absolute Gasteiger partial charge is 0.335 e. The lowest BCUT2D eigenvalue weighted by molar-refractivity contribution is 0.0697. The fraction of sp³-hybridized carbons (Fsp3) is 0.357. The number of hydrogen-bond acceptors (Lipinski definition) is 1. The minimum Gasteiger partial charge on any atom is -0.478 e. The molecular formula is C14H18O2. The SMILES string of the molecule is CC/C(C)=C(/C)c1cc(C(=O)O)ccc1C. The normalized spacial score (nSPS) is 12.2. The molecule has 0 aromatic heterocycles. The number of hydrogen-bond donors (Lipinski definition) is 1. The van der Waals surface area contributed by atoms with Gasteiger partial charge >= 0.3 is 5.97 Å². The number of allylic oxidation sites excluding steroid dienone is 2. The maximum atomic E-state index is 10.9. The molecule has 0 heterocycles. The zero-order chi connectivity index (χ0) is 12.3. The third kappa shape index (κ3) is 2.51. The first-order valence-electron chi connectivity index (χ1n) is 5.48. The van der Waals surface area contributed by atoms with Crippen LogP contribution in [0.5, 0.6) is 0 Å². The predicted molar refractivity (Wildman–Crippen MR) is 66.7 cm³/mol. The van der Waals surface area contributed by atoms with Gasteiger partial charge in [0.25, 0.3) is 0 Å². The van der Waals surface area contributed by atoms with Gasteiger partial charge in [-0.15, -0.1) is 0 Å². The van der Waals surface area contributed by atoms with Crippen molar-refractivity contribution in [2.45, 2.75) is 34.1 Å². The number of carbonyl (C=O) groups is 1. The molecule has 0 aliphatic rings. The summed E-state index contributed by atoms with van der Waals surface area (Å²) in [4.78, 5) is 10.9. The first kappa shape index (κ1) is 12.5. The first-order chi connectivity index (χ1) is 7.47. The summed E-state index contributed by atoms with van der Waals surface area (Å²) in [5.41, 5.74) is 4.99. The number of benzene rings is 1. The molecule has 2 heteroatoms. The van der Waals surface area contributed by atoms with Crippen molar-refractivity contribution in [3.63, 3.8) is 0 Å². The molecule has 0 spiro atoms. The van der Waals surface area contributed by atoms with Crippen molar-refractivity contribution in [3.05, 3.63) is 40.5 Å². The fourth-order valence-corrected chi connectivity index (χ4v) is 1.65. The molecule has 0 amide bonds. The van der Waals surface area contributed by atoms with Gasteiger partial charge in [0.1, 0.15) is 0 Å². The molecule has 0 saturated carbocycles. The van der Waals surface area contributed by atoms with Gasteiger partial charge in [0.05, 0.1) is 5.56 Å². The molecule has 86 valence electrons. The number of carboxylic acid groups (broad SMARTS) is 1. The topological polar surface area (TPSA) is 37.3 Å². The highest BCUT2D eigenvalue weighted by Gasteiger charge is 2.08. The van der Waals surface area contributed by atoms with E-state index >= 15 is 0 Å². The molecule has 0 bridgehead atoms. The fourth-order valence-electron chi connectivity index (χ4n) is 1.65. The Hall–Kier alpha value is -1.57. The van der Waals surface area contributed by atoms with E-state index in [0.29, 0.717) is 5.56 Å². The van der Waals surface area contributed by atoms with Crippen molar-refractivity contribution < 1.29 is 9.90 Å². The Bertz CT molecular complexity index is 442. The van der Waals surface area contributed by atoms with Gasteiger partial charge in [-0.1, -0.05) is 18.6 Å². The Balaban J connectivity index is 3.33. The largest absolute Gasteiger partial charge is 0.478 e. The quantitative estimate of drug-likeness (QED) is 0.835. The molecular weight excluding hydrogens is 200 g/mol. The van der Waals surface area contributed by atoms with Crippen LogP contribution in [0.25, 0.3) is 5.57 Å². The van der Waals surface area contributed by atoms with E-state index < -0.39 is 5.97 Å². The summed E-state index contributed by atoms with van der Waals surface area (Å²) in [6.07, 6.45) is 0.989. The maximum Gasteiger partial charge on any atom is 0.335 e. The predicted octanol–water partition coefficient (Wildman–Crippen LogP) is 3.90. The first-order valence-corrected chi connectivity index (χ1v) is 5.48. The minimum absolute atomic E-state index is 0.351. The van der Waals surface area contributed by atoms with Crippen molar-refractivity contribution in [1.29, 1.82) is 0 Å². The number of aromatic carboxylic acids is 1. The lowest BCUT2D eigenvalue weighted by Gasteiger charge is -2.10. The van der Waals surface area contributed by atoms with Crippen LogP contribution in [0.1, 0.15) is 48.7 Å². The van der Waals surface area contributed by atoms with E-state index in [1.54, 1.807) is 12.1 Å². The van der Waals surface area contributed by atoms with E-state index in [0.717, 1.165) is 17.5 Å². The van der Waals surface area contributed by atoms with Gasteiger partial charge in [0.15, 0.2) is 0 Å². The summed E-state index contributed by atoms with van der Waals surface area (Å²) in [5.74, 6) is -0.872. The van der Waals surface area contributed by atoms with E-state index in [-0.39, 0.29) is 0 Å². The highest BCUT2D eigenvalue weighted by Crippen LogP contribution is 2.24. The van der Waals surface area contributed by atoms with E-state index in [4.69, 9.17) is 5.11 Å². The molecule has 1 aromatic carbocycles. The molecule has 0 aliphatic heterocycles. The summed E-state index contributed by atoms with van der Waals surface area (Å²) in [6.45, 7) is 8.25. The van der Waals surface area contributed by atoms with Crippen molar-refractivity contribution in [2.75, 3.05) is 0 Å². The van der Waals surface area contributed by atoms with Crippen LogP contribution in [0, 0.1) is 6.92 Å². The van der Waals surface area contributed by atoms with Crippen LogP contribution < -0.4 is 0 Å². The average Bonchev–Trinajstić information content (AvgIpc) is 2.27. The van der Waals surface area contributed by atoms with E-state index in [1.807, 2.05) is 19.9 Å². The van der Waals surface area contributed by atoms with Crippen molar-refractivity contribution in [3.8, 4) is 0 Å². The number of rotatable bonds is 3. The van der Waals surface area contributed by atoms with Gasteiger partial charge in [-0.05, 0) is 56.0 Å². The Kier molecular flexibility index (Phi) is 3.88. The second-order valence-electron chi connectivity index (χ2n) is 4.09. The number of carboxylic acids is 1. The van der Waals surface area contributed by atoms with Crippen molar-refractivity contribution in [2.24, 2.45) is 0 Å². The van der Waals surface area contributed by atoms with Gasteiger partial charge in [-0.25, -0.2) is 4.79 Å². The second kappa shape index (κ2) is 4.97. The van der Waals surface area contributed by atoms with Crippen LogP contribution in [0.4, 0.5) is 0 Å². The average molecular weight is 218 g/mol. The molecule has 0 atom stereocenters. The van der Waals surface area contributed by atoms with Gasteiger partial charge in [0.2, 0.25) is 0 Å². The zero-order valence-corrected chi connectivity index (χ0v) is 10.3. The molecule has 16 heavy (non-hydrogen) atoms. The van der Waals surface area contributed by atoms with Crippen molar-refractivity contribution in [1.82, 2.24) is 0 Å². The van der Waals surface area contributed by atoms with Crippen LogP contribution >= 0.6 is 0 Å². The van der Waals surface area contributed by atoms with E-state index in [2.05, 4.69) is 13.8 Å². The zero-order valence-electron chi connectivity index (χ0n) is 10.3. The molecule has 0 unspecified atom stereocenters. The summed E-state index contributed by atoms with van der Waals surface area (Å²) in [5, 5.41) is 8.96. The summed E-state index contributed by atoms with van der Waals surface area (Å²) < 4.78 is 0. The molecule has 1 rings (SSSR count). The summed E-state index contributed by atoms with van der Waals surface area (Å²) in [6, 6.07) is 5.27. The van der Waals surface area contributed by atoms with Gasteiger partial charge in [0, 0.05) is 0 Å².